The van der Waals surface area contributed by atoms with E-state index in [9.17, 15) is 0 Å². The maximum absolute atomic E-state index is 5.55. The Kier molecular flexibility index (Phi) is 3.05. The van der Waals surface area contributed by atoms with Crippen LogP contribution in [0.25, 0.3) is 0 Å². The summed E-state index contributed by atoms with van der Waals surface area (Å²) in [7, 11) is 1.64. The lowest BCUT2D eigenvalue weighted by molar-refractivity contribution is 0.404. The standard InChI is InChI=1S/C9H14N2O/c1-7(5-10)8-3-4-11-6-9(8)12-2/h3-4,6-7H,5,10H2,1-2H3. The van der Waals surface area contributed by atoms with Crippen molar-refractivity contribution in [1.29, 1.82) is 0 Å². The monoisotopic (exact) mass is 166 g/mol. The fraction of sp³-hybridized carbons (Fsp3) is 0.444. The Morgan fingerprint density at radius 1 is 1.67 bits per heavy atom. The molecule has 0 aliphatic rings. The van der Waals surface area contributed by atoms with Gasteiger partial charge in [-0.2, -0.15) is 0 Å². The molecule has 1 heterocycles. The van der Waals surface area contributed by atoms with Crippen LogP contribution in [0.5, 0.6) is 5.75 Å². The van der Waals surface area contributed by atoms with Gasteiger partial charge in [0.25, 0.3) is 0 Å². The summed E-state index contributed by atoms with van der Waals surface area (Å²) in [5.41, 5.74) is 6.67. The van der Waals surface area contributed by atoms with Crippen LogP contribution in [-0.4, -0.2) is 18.6 Å². The van der Waals surface area contributed by atoms with Gasteiger partial charge in [-0.25, -0.2) is 0 Å². The van der Waals surface area contributed by atoms with E-state index in [4.69, 9.17) is 10.5 Å². The number of ether oxygens (including phenoxy) is 1. The van der Waals surface area contributed by atoms with Crippen molar-refractivity contribution in [3.8, 4) is 5.75 Å². The van der Waals surface area contributed by atoms with E-state index in [-0.39, 0.29) is 0 Å². The van der Waals surface area contributed by atoms with Crippen molar-refractivity contribution in [3.05, 3.63) is 24.0 Å². The van der Waals surface area contributed by atoms with Gasteiger partial charge < -0.3 is 10.5 Å². The summed E-state index contributed by atoms with van der Waals surface area (Å²) in [5, 5.41) is 0. The molecule has 0 saturated carbocycles. The zero-order valence-electron chi connectivity index (χ0n) is 7.45. The first-order valence-corrected chi connectivity index (χ1v) is 3.97. The Morgan fingerprint density at radius 3 is 3.00 bits per heavy atom. The molecule has 0 aliphatic carbocycles. The second-order valence-electron chi connectivity index (χ2n) is 2.75. The van der Waals surface area contributed by atoms with Crippen LogP contribution in [0.1, 0.15) is 18.4 Å². The molecule has 2 N–H and O–H groups in total. The summed E-state index contributed by atoms with van der Waals surface area (Å²) >= 11 is 0. The van der Waals surface area contributed by atoms with E-state index in [0.717, 1.165) is 11.3 Å². The first kappa shape index (κ1) is 9.00. The highest BCUT2D eigenvalue weighted by molar-refractivity contribution is 5.32. The summed E-state index contributed by atoms with van der Waals surface area (Å²) in [5.74, 6) is 1.14. The maximum Gasteiger partial charge on any atom is 0.140 e. The molecule has 0 amide bonds. The number of rotatable bonds is 3. The van der Waals surface area contributed by atoms with Gasteiger partial charge in [-0.15, -0.1) is 0 Å². The molecule has 3 nitrogen and oxygen atoms in total. The summed E-state index contributed by atoms with van der Waals surface area (Å²) < 4.78 is 5.15. The first-order chi connectivity index (χ1) is 5.79. The van der Waals surface area contributed by atoms with Crippen LogP contribution in [0.3, 0.4) is 0 Å². The number of nitrogens with zero attached hydrogens (tertiary/aromatic N) is 1. The molecule has 1 rings (SSSR count). The van der Waals surface area contributed by atoms with Crippen LogP contribution in [0, 0.1) is 0 Å². The van der Waals surface area contributed by atoms with Crippen LogP contribution in [0.2, 0.25) is 0 Å². The zero-order chi connectivity index (χ0) is 8.97. The molecular formula is C9H14N2O. The third-order valence-electron chi connectivity index (χ3n) is 1.92. The van der Waals surface area contributed by atoms with Crippen molar-refractivity contribution >= 4 is 0 Å². The number of aromatic nitrogens is 1. The lowest BCUT2D eigenvalue weighted by atomic mass is 10.0. The van der Waals surface area contributed by atoms with Crippen molar-refractivity contribution < 1.29 is 4.74 Å². The summed E-state index contributed by atoms with van der Waals surface area (Å²) in [4.78, 5) is 3.97. The minimum absolute atomic E-state index is 0.322. The molecule has 66 valence electrons. The Morgan fingerprint density at radius 2 is 2.42 bits per heavy atom. The van der Waals surface area contributed by atoms with Crippen molar-refractivity contribution in [2.24, 2.45) is 5.73 Å². The van der Waals surface area contributed by atoms with Gasteiger partial charge >= 0.3 is 0 Å². The largest absolute Gasteiger partial charge is 0.495 e. The summed E-state index contributed by atoms with van der Waals surface area (Å²) in [6, 6.07) is 1.94. The molecule has 0 aliphatic heterocycles. The first-order valence-electron chi connectivity index (χ1n) is 3.97. The van der Waals surface area contributed by atoms with E-state index in [1.54, 1.807) is 19.5 Å². The predicted octanol–water partition coefficient (Wildman–Crippen LogP) is 1.15. The Labute approximate surface area is 72.6 Å². The molecule has 0 bridgehead atoms. The van der Waals surface area contributed by atoms with Crippen LogP contribution in [-0.2, 0) is 0 Å². The quantitative estimate of drug-likeness (QED) is 0.732. The molecule has 0 fully saturated rings. The van der Waals surface area contributed by atoms with Gasteiger partial charge in [0.1, 0.15) is 5.75 Å². The highest BCUT2D eigenvalue weighted by atomic mass is 16.5. The van der Waals surface area contributed by atoms with E-state index in [1.807, 2.05) is 6.07 Å². The zero-order valence-corrected chi connectivity index (χ0v) is 7.45. The molecule has 3 heteroatoms. The number of hydrogen-bond donors (Lipinski definition) is 1. The van der Waals surface area contributed by atoms with Crippen molar-refractivity contribution in [2.45, 2.75) is 12.8 Å². The van der Waals surface area contributed by atoms with Crippen molar-refractivity contribution in [2.75, 3.05) is 13.7 Å². The fourth-order valence-electron chi connectivity index (χ4n) is 1.10. The van der Waals surface area contributed by atoms with Gasteiger partial charge in [-0.1, -0.05) is 6.92 Å². The summed E-state index contributed by atoms with van der Waals surface area (Å²) in [6.07, 6.45) is 3.46. The normalized spacial score (nSPS) is 12.6. The second-order valence-corrected chi connectivity index (χ2v) is 2.75. The molecule has 1 aromatic heterocycles. The highest BCUT2D eigenvalue weighted by Crippen LogP contribution is 2.23. The van der Waals surface area contributed by atoms with E-state index in [2.05, 4.69) is 11.9 Å². The predicted molar refractivity (Wildman–Crippen MR) is 48.3 cm³/mol. The van der Waals surface area contributed by atoms with E-state index < -0.39 is 0 Å². The highest BCUT2D eigenvalue weighted by Gasteiger charge is 2.08. The Bertz CT molecular complexity index is 250. The Balaban J connectivity index is 2.96. The topological polar surface area (TPSA) is 48.1 Å². The van der Waals surface area contributed by atoms with Crippen molar-refractivity contribution in [1.82, 2.24) is 4.98 Å². The molecule has 1 aromatic rings. The van der Waals surface area contributed by atoms with E-state index in [1.165, 1.54) is 0 Å². The third kappa shape index (κ3) is 1.74. The van der Waals surface area contributed by atoms with Crippen LogP contribution in [0.4, 0.5) is 0 Å². The maximum atomic E-state index is 5.55. The number of methoxy groups -OCH3 is 1. The molecule has 1 unspecified atom stereocenters. The minimum atomic E-state index is 0.322. The van der Waals surface area contributed by atoms with E-state index >= 15 is 0 Å². The molecule has 1 atom stereocenters. The van der Waals surface area contributed by atoms with Crippen molar-refractivity contribution in [3.63, 3.8) is 0 Å². The van der Waals surface area contributed by atoms with E-state index in [0.29, 0.717) is 12.5 Å². The molecule has 0 radical (unpaired) electrons. The van der Waals surface area contributed by atoms with Crippen LogP contribution >= 0.6 is 0 Å². The molecular weight excluding hydrogens is 152 g/mol. The molecule has 0 saturated heterocycles. The Hall–Kier alpha value is -1.09. The van der Waals surface area contributed by atoms with Gasteiger partial charge in [0.2, 0.25) is 0 Å². The number of nitrogens with two attached hydrogens (primary N) is 1. The summed E-state index contributed by atoms with van der Waals surface area (Å²) in [6.45, 7) is 2.69. The van der Waals surface area contributed by atoms with Gasteiger partial charge in [0.15, 0.2) is 0 Å². The van der Waals surface area contributed by atoms with Crippen LogP contribution in [0.15, 0.2) is 18.5 Å². The van der Waals surface area contributed by atoms with Gasteiger partial charge in [-0.05, 0) is 18.5 Å². The minimum Gasteiger partial charge on any atom is -0.495 e. The van der Waals surface area contributed by atoms with Gasteiger partial charge in [0.05, 0.1) is 13.3 Å². The average Bonchev–Trinajstić information content (AvgIpc) is 2.16. The average molecular weight is 166 g/mol. The number of hydrogen-bond acceptors (Lipinski definition) is 3. The molecule has 0 spiro atoms. The lowest BCUT2D eigenvalue weighted by Crippen LogP contribution is -2.10. The number of pyridine rings is 1. The molecule has 12 heavy (non-hydrogen) atoms. The smallest absolute Gasteiger partial charge is 0.140 e. The van der Waals surface area contributed by atoms with Gasteiger partial charge in [-0.3, -0.25) is 4.98 Å². The van der Waals surface area contributed by atoms with Crippen LogP contribution < -0.4 is 10.5 Å². The SMILES string of the molecule is COc1cnccc1C(C)CN. The van der Waals surface area contributed by atoms with Gasteiger partial charge in [0, 0.05) is 11.8 Å². The fourth-order valence-corrected chi connectivity index (χ4v) is 1.10. The second kappa shape index (κ2) is 4.07. The lowest BCUT2D eigenvalue weighted by Gasteiger charge is -2.12. The molecule has 0 aromatic carbocycles. The third-order valence-corrected chi connectivity index (χ3v) is 1.92.